The first kappa shape index (κ1) is 11.3. The molecule has 94 valence electrons. The number of nitrogens with zero attached hydrogens (tertiary/aromatic N) is 1. The van der Waals surface area contributed by atoms with Gasteiger partial charge in [-0.3, -0.25) is 0 Å². The number of nitrogens with one attached hydrogen (secondary N) is 1. The molecule has 2 aliphatic carbocycles. The van der Waals surface area contributed by atoms with Crippen LogP contribution in [0.5, 0.6) is 0 Å². The lowest BCUT2D eigenvalue weighted by molar-refractivity contribution is 0.456. The summed E-state index contributed by atoms with van der Waals surface area (Å²) in [6, 6.07) is 2.91. The molecule has 2 heteroatoms. The van der Waals surface area contributed by atoms with Crippen LogP contribution in [0.4, 0.5) is 0 Å². The van der Waals surface area contributed by atoms with Gasteiger partial charge < -0.3 is 9.88 Å². The third-order valence-corrected chi connectivity index (χ3v) is 4.48. The Balaban J connectivity index is 1.64. The molecule has 1 aromatic rings. The number of hydrogen-bond donors (Lipinski definition) is 1. The van der Waals surface area contributed by atoms with Crippen molar-refractivity contribution in [3.63, 3.8) is 0 Å². The Labute approximate surface area is 104 Å². The molecule has 1 heterocycles. The van der Waals surface area contributed by atoms with E-state index in [-0.39, 0.29) is 0 Å². The average Bonchev–Trinajstić information content (AvgIpc) is 2.86. The smallest absolute Gasteiger partial charge is 0.0361 e. The highest BCUT2D eigenvalue weighted by molar-refractivity contribution is 5.18. The van der Waals surface area contributed by atoms with E-state index >= 15 is 0 Å². The summed E-state index contributed by atoms with van der Waals surface area (Å²) in [6.45, 7) is 1.24. The lowest BCUT2D eigenvalue weighted by Crippen LogP contribution is -2.17. The van der Waals surface area contributed by atoms with Gasteiger partial charge in [-0.2, -0.15) is 0 Å². The van der Waals surface area contributed by atoms with Crippen molar-refractivity contribution in [3.05, 3.63) is 24.0 Å². The number of aromatic nitrogens is 1. The Hall–Kier alpha value is -0.760. The van der Waals surface area contributed by atoms with Gasteiger partial charge in [0.2, 0.25) is 0 Å². The van der Waals surface area contributed by atoms with Crippen molar-refractivity contribution >= 4 is 0 Å². The summed E-state index contributed by atoms with van der Waals surface area (Å²) < 4.78 is 2.41. The van der Waals surface area contributed by atoms with E-state index in [1.807, 2.05) is 0 Å². The lowest BCUT2D eigenvalue weighted by atomic mass is 10.1. The molecule has 2 fully saturated rings. The van der Waals surface area contributed by atoms with Crippen molar-refractivity contribution in [1.29, 1.82) is 0 Å². The predicted octanol–water partition coefficient (Wildman–Crippen LogP) is 3.35. The Kier molecular flexibility index (Phi) is 3.24. The highest BCUT2D eigenvalue weighted by Gasteiger charge is 2.31. The average molecular weight is 232 g/mol. The van der Waals surface area contributed by atoms with Crippen molar-refractivity contribution in [3.8, 4) is 0 Å². The third kappa shape index (κ3) is 2.57. The second-order valence-corrected chi connectivity index (χ2v) is 5.90. The van der Waals surface area contributed by atoms with Crippen LogP contribution in [0.3, 0.4) is 0 Å². The van der Waals surface area contributed by atoms with E-state index in [9.17, 15) is 0 Å². The van der Waals surface area contributed by atoms with E-state index in [1.54, 1.807) is 0 Å². The van der Waals surface area contributed by atoms with Gasteiger partial charge in [-0.25, -0.2) is 0 Å². The predicted molar refractivity (Wildman–Crippen MR) is 70.9 cm³/mol. The van der Waals surface area contributed by atoms with E-state index < -0.39 is 0 Å². The molecule has 1 N–H and O–H groups in total. The summed E-state index contributed by atoms with van der Waals surface area (Å²) in [4.78, 5) is 0. The first-order valence-corrected chi connectivity index (χ1v) is 7.20. The van der Waals surface area contributed by atoms with Crippen LogP contribution in [0.25, 0.3) is 0 Å². The summed E-state index contributed by atoms with van der Waals surface area (Å²) >= 11 is 0. The molecule has 0 aromatic carbocycles. The van der Waals surface area contributed by atoms with Crippen LogP contribution >= 0.6 is 0 Å². The largest absolute Gasteiger partial charge is 0.354 e. The first-order valence-electron chi connectivity index (χ1n) is 7.20. The molecular weight excluding hydrogens is 208 g/mol. The maximum absolute atomic E-state index is 3.47. The molecule has 0 amide bonds. The summed E-state index contributed by atoms with van der Waals surface area (Å²) in [5, 5.41) is 3.47. The van der Waals surface area contributed by atoms with E-state index in [4.69, 9.17) is 0 Å². The summed E-state index contributed by atoms with van der Waals surface area (Å²) in [5.74, 6) is 1.83. The van der Waals surface area contributed by atoms with Crippen molar-refractivity contribution in [1.82, 2.24) is 9.88 Å². The maximum Gasteiger partial charge on any atom is 0.0361 e. The number of rotatable bonds is 5. The Bertz CT molecular complexity index is 359. The Morgan fingerprint density at radius 3 is 2.71 bits per heavy atom. The molecule has 2 saturated carbocycles. The summed E-state index contributed by atoms with van der Waals surface area (Å²) in [5.41, 5.74) is 1.49. The fourth-order valence-electron chi connectivity index (χ4n) is 3.35. The van der Waals surface area contributed by atoms with Gasteiger partial charge in [0.25, 0.3) is 0 Å². The van der Waals surface area contributed by atoms with Gasteiger partial charge in [-0.1, -0.05) is 12.8 Å². The first-order chi connectivity index (χ1) is 8.36. The van der Waals surface area contributed by atoms with Crippen LogP contribution in [0, 0.1) is 11.8 Å². The molecule has 2 nitrogen and oxygen atoms in total. The van der Waals surface area contributed by atoms with Gasteiger partial charge in [-0.05, 0) is 56.2 Å². The van der Waals surface area contributed by atoms with Crippen LogP contribution in [-0.2, 0) is 6.54 Å². The van der Waals surface area contributed by atoms with E-state index in [0.29, 0.717) is 6.04 Å². The topological polar surface area (TPSA) is 17.0 Å². The van der Waals surface area contributed by atoms with Gasteiger partial charge in [0.05, 0.1) is 0 Å². The minimum atomic E-state index is 0.597. The van der Waals surface area contributed by atoms with Gasteiger partial charge >= 0.3 is 0 Å². The van der Waals surface area contributed by atoms with Crippen LogP contribution < -0.4 is 5.32 Å². The van der Waals surface area contributed by atoms with Crippen molar-refractivity contribution in [2.45, 2.75) is 51.1 Å². The van der Waals surface area contributed by atoms with Crippen LogP contribution in [0.2, 0.25) is 0 Å². The molecule has 0 saturated heterocycles. The summed E-state index contributed by atoms with van der Waals surface area (Å²) in [6.07, 6.45) is 13.2. The van der Waals surface area contributed by atoms with E-state index in [0.717, 1.165) is 11.8 Å². The number of hydrogen-bond acceptors (Lipinski definition) is 1. The van der Waals surface area contributed by atoms with Gasteiger partial charge in [0.1, 0.15) is 0 Å². The van der Waals surface area contributed by atoms with E-state index in [2.05, 4.69) is 35.4 Å². The highest BCUT2D eigenvalue weighted by Crippen LogP contribution is 2.40. The maximum atomic E-state index is 3.47. The fourth-order valence-corrected chi connectivity index (χ4v) is 3.35. The molecule has 0 bridgehead atoms. The molecule has 1 aromatic heterocycles. The van der Waals surface area contributed by atoms with Crippen molar-refractivity contribution in [2.75, 3.05) is 7.05 Å². The van der Waals surface area contributed by atoms with Crippen LogP contribution in [0.15, 0.2) is 18.5 Å². The highest BCUT2D eigenvalue weighted by atomic mass is 15.0. The van der Waals surface area contributed by atoms with Crippen LogP contribution in [-0.4, -0.2) is 11.6 Å². The zero-order chi connectivity index (χ0) is 11.7. The molecule has 3 rings (SSSR count). The molecule has 17 heavy (non-hydrogen) atoms. The minimum Gasteiger partial charge on any atom is -0.354 e. The second kappa shape index (κ2) is 4.85. The van der Waals surface area contributed by atoms with Gasteiger partial charge in [0, 0.05) is 25.0 Å². The fraction of sp³-hybridized carbons (Fsp3) is 0.733. The SMILES string of the molecule is CNC(c1ccn(CC2CCCC2)c1)C1CC1. The quantitative estimate of drug-likeness (QED) is 0.824. The van der Waals surface area contributed by atoms with Gasteiger partial charge in [0.15, 0.2) is 0 Å². The second-order valence-electron chi connectivity index (χ2n) is 5.90. The zero-order valence-electron chi connectivity index (χ0n) is 10.9. The molecule has 0 radical (unpaired) electrons. The zero-order valence-corrected chi connectivity index (χ0v) is 10.9. The Morgan fingerprint density at radius 2 is 2.06 bits per heavy atom. The lowest BCUT2D eigenvalue weighted by Gasteiger charge is -2.14. The molecule has 0 aliphatic heterocycles. The molecule has 2 aliphatic rings. The third-order valence-electron chi connectivity index (χ3n) is 4.48. The standard InChI is InChI=1S/C15H24N2/c1-16-15(13-6-7-13)14-8-9-17(11-14)10-12-4-2-3-5-12/h8-9,11-13,15-16H,2-7,10H2,1H3. The Morgan fingerprint density at radius 1 is 1.29 bits per heavy atom. The molecular formula is C15H24N2. The van der Waals surface area contributed by atoms with E-state index in [1.165, 1.54) is 50.6 Å². The normalized spacial score (nSPS) is 23.1. The monoisotopic (exact) mass is 232 g/mol. The van der Waals surface area contributed by atoms with Crippen molar-refractivity contribution < 1.29 is 0 Å². The minimum absolute atomic E-state index is 0.597. The molecule has 1 unspecified atom stereocenters. The van der Waals surface area contributed by atoms with Crippen LogP contribution in [0.1, 0.15) is 50.1 Å². The molecule has 1 atom stereocenters. The molecule has 0 spiro atoms. The van der Waals surface area contributed by atoms with Crippen molar-refractivity contribution in [2.24, 2.45) is 11.8 Å². The van der Waals surface area contributed by atoms with Gasteiger partial charge in [-0.15, -0.1) is 0 Å². The summed E-state index contributed by atoms with van der Waals surface area (Å²) in [7, 11) is 2.09.